The number of nitrogens with one attached hydrogen (secondary N) is 1. The van der Waals surface area contributed by atoms with Gasteiger partial charge in [-0.3, -0.25) is 4.79 Å². The van der Waals surface area contributed by atoms with E-state index < -0.39 is 0 Å². The number of carbonyl (C=O) groups excluding carboxylic acids is 1. The Kier molecular flexibility index (Phi) is 5.12. The molecule has 0 spiro atoms. The van der Waals surface area contributed by atoms with Crippen molar-refractivity contribution in [2.75, 3.05) is 25.0 Å². The van der Waals surface area contributed by atoms with Crippen LogP contribution >= 0.6 is 0 Å². The Bertz CT molecular complexity index is 436. The van der Waals surface area contributed by atoms with E-state index in [0.717, 1.165) is 19.6 Å². The summed E-state index contributed by atoms with van der Waals surface area (Å²) in [5.74, 6) is 1.11. The Hall–Kier alpha value is -1.42. The number of rotatable bonds is 4. The van der Waals surface area contributed by atoms with Crippen molar-refractivity contribution in [1.29, 1.82) is 0 Å². The fourth-order valence-electron chi connectivity index (χ4n) is 2.99. The molecule has 0 unspecified atom stereocenters. The van der Waals surface area contributed by atoms with Gasteiger partial charge in [0.15, 0.2) is 0 Å². The number of hydrogen-bond acceptors (Lipinski definition) is 2. The van der Waals surface area contributed by atoms with Crippen molar-refractivity contribution in [3.8, 4) is 0 Å². The molecule has 3 nitrogen and oxygen atoms in total. The van der Waals surface area contributed by atoms with Crippen molar-refractivity contribution in [1.82, 2.24) is 4.90 Å². The highest BCUT2D eigenvalue weighted by Crippen LogP contribution is 2.20. The molecule has 1 aromatic rings. The summed E-state index contributed by atoms with van der Waals surface area (Å²) < 4.78 is 12.8. The molecule has 1 fully saturated rings. The van der Waals surface area contributed by atoms with Crippen LogP contribution < -0.4 is 5.32 Å². The molecule has 110 valence electrons. The Labute approximate surface area is 120 Å². The Balaban J connectivity index is 1.76. The Morgan fingerprint density at radius 1 is 1.25 bits per heavy atom. The fourth-order valence-corrected chi connectivity index (χ4v) is 2.99. The molecule has 20 heavy (non-hydrogen) atoms. The van der Waals surface area contributed by atoms with Crippen LogP contribution in [-0.2, 0) is 4.79 Å². The van der Waals surface area contributed by atoms with Gasteiger partial charge < -0.3 is 10.2 Å². The summed E-state index contributed by atoms with van der Waals surface area (Å²) in [6.45, 7) is 7.48. The lowest BCUT2D eigenvalue weighted by molar-refractivity contribution is -0.116. The number of nitrogens with zero attached hydrogens (tertiary/aromatic N) is 1. The van der Waals surface area contributed by atoms with Crippen molar-refractivity contribution in [2.24, 2.45) is 11.8 Å². The van der Waals surface area contributed by atoms with E-state index in [1.54, 1.807) is 12.1 Å². The minimum absolute atomic E-state index is 0.0116. The molecular weight excluding hydrogens is 255 g/mol. The van der Waals surface area contributed by atoms with Gasteiger partial charge in [0.2, 0.25) is 5.91 Å². The molecule has 0 aromatic heterocycles. The lowest BCUT2D eigenvalue weighted by atomic mass is 9.92. The number of halogens is 1. The van der Waals surface area contributed by atoms with Crippen LogP contribution in [-0.4, -0.2) is 30.4 Å². The summed E-state index contributed by atoms with van der Waals surface area (Å²) in [4.78, 5) is 14.2. The van der Waals surface area contributed by atoms with Crippen LogP contribution in [0, 0.1) is 17.7 Å². The van der Waals surface area contributed by atoms with Gasteiger partial charge in [0.05, 0.1) is 0 Å². The number of carbonyl (C=O) groups is 1. The molecule has 0 aliphatic carbocycles. The topological polar surface area (TPSA) is 32.3 Å². The third kappa shape index (κ3) is 4.60. The monoisotopic (exact) mass is 278 g/mol. The lowest BCUT2D eigenvalue weighted by Gasteiger charge is -2.34. The molecule has 1 aromatic carbocycles. The molecule has 1 N–H and O–H groups in total. The summed E-state index contributed by atoms with van der Waals surface area (Å²) in [7, 11) is 0. The average molecular weight is 278 g/mol. The van der Waals surface area contributed by atoms with E-state index in [-0.39, 0.29) is 11.7 Å². The van der Waals surface area contributed by atoms with Gasteiger partial charge in [-0.25, -0.2) is 4.39 Å². The van der Waals surface area contributed by atoms with Crippen LogP contribution in [0.25, 0.3) is 0 Å². The Morgan fingerprint density at radius 3 is 2.45 bits per heavy atom. The summed E-state index contributed by atoms with van der Waals surface area (Å²) in [6, 6.07) is 5.86. The van der Waals surface area contributed by atoms with Crippen molar-refractivity contribution in [3.63, 3.8) is 0 Å². The van der Waals surface area contributed by atoms with Crippen LogP contribution in [0.3, 0.4) is 0 Å². The van der Waals surface area contributed by atoms with Crippen molar-refractivity contribution in [3.05, 3.63) is 30.1 Å². The first kappa shape index (κ1) is 15.0. The second-order valence-corrected chi connectivity index (χ2v) is 6.01. The average Bonchev–Trinajstić information content (AvgIpc) is 2.38. The number of amides is 1. The molecule has 2 rings (SSSR count). The first-order valence-corrected chi connectivity index (χ1v) is 7.30. The van der Waals surface area contributed by atoms with Crippen LogP contribution in [0.15, 0.2) is 24.3 Å². The number of piperidine rings is 1. The number of hydrogen-bond donors (Lipinski definition) is 1. The van der Waals surface area contributed by atoms with E-state index in [2.05, 4.69) is 24.1 Å². The second-order valence-electron chi connectivity index (χ2n) is 6.01. The first-order chi connectivity index (χ1) is 9.52. The van der Waals surface area contributed by atoms with Gasteiger partial charge in [0.1, 0.15) is 5.82 Å². The molecule has 2 atom stereocenters. The third-order valence-corrected chi connectivity index (χ3v) is 3.73. The van der Waals surface area contributed by atoms with Crippen LogP contribution in [0.1, 0.15) is 26.7 Å². The molecule has 4 heteroatoms. The quantitative estimate of drug-likeness (QED) is 0.917. The summed E-state index contributed by atoms with van der Waals surface area (Å²) >= 11 is 0. The zero-order valence-electron chi connectivity index (χ0n) is 12.2. The van der Waals surface area contributed by atoms with E-state index in [0.29, 0.717) is 23.9 Å². The van der Waals surface area contributed by atoms with Crippen molar-refractivity contribution < 1.29 is 9.18 Å². The zero-order chi connectivity index (χ0) is 14.5. The zero-order valence-corrected chi connectivity index (χ0v) is 12.2. The van der Waals surface area contributed by atoms with Crippen molar-refractivity contribution in [2.45, 2.75) is 26.7 Å². The predicted octanol–water partition coefficient (Wildman–Crippen LogP) is 3.13. The molecular formula is C16H23FN2O. The molecule has 1 aliphatic heterocycles. The standard InChI is InChI=1S/C16H23FN2O/c1-12-9-13(2)11-19(10-12)8-7-16(20)18-15-5-3-14(17)4-6-15/h3-6,12-13H,7-11H2,1-2H3,(H,18,20)/t12-,13-/m0/s1. The van der Waals surface area contributed by atoms with Gasteiger partial charge in [0, 0.05) is 31.7 Å². The van der Waals surface area contributed by atoms with Gasteiger partial charge in [0.25, 0.3) is 0 Å². The van der Waals surface area contributed by atoms with E-state index >= 15 is 0 Å². The highest BCUT2D eigenvalue weighted by atomic mass is 19.1. The highest BCUT2D eigenvalue weighted by Gasteiger charge is 2.21. The van der Waals surface area contributed by atoms with E-state index in [1.165, 1.54) is 18.6 Å². The number of likely N-dealkylation sites (tertiary alicyclic amines) is 1. The van der Waals surface area contributed by atoms with E-state index in [1.807, 2.05) is 0 Å². The predicted molar refractivity (Wildman–Crippen MR) is 79.0 cm³/mol. The smallest absolute Gasteiger partial charge is 0.225 e. The normalized spacial score (nSPS) is 23.6. The molecule has 0 bridgehead atoms. The minimum atomic E-state index is -0.292. The maximum absolute atomic E-state index is 12.8. The summed E-state index contributed by atoms with van der Waals surface area (Å²) in [5.41, 5.74) is 0.650. The van der Waals surface area contributed by atoms with Crippen LogP contribution in [0.5, 0.6) is 0 Å². The molecule has 1 heterocycles. The summed E-state index contributed by atoms with van der Waals surface area (Å²) in [6.07, 6.45) is 1.76. The molecule has 1 amide bonds. The molecule has 1 saturated heterocycles. The Morgan fingerprint density at radius 2 is 1.85 bits per heavy atom. The van der Waals surface area contributed by atoms with E-state index in [4.69, 9.17) is 0 Å². The maximum atomic E-state index is 12.8. The number of anilines is 1. The minimum Gasteiger partial charge on any atom is -0.326 e. The van der Waals surface area contributed by atoms with Gasteiger partial charge >= 0.3 is 0 Å². The van der Waals surface area contributed by atoms with Crippen LogP contribution in [0.4, 0.5) is 10.1 Å². The summed E-state index contributed by atoms with van der Waals surface area (Å²) in [5, 5.41) is 2.80. The first-order valence-electron chi connectivity index (χ1n) is 7.30. The fraction of sp³-hybridized carbons (Fsp3) is 0.562. The largest absolute Gasteiger partial charge is 0.326 e. The second kappa shape index (κ2) is 6.84. The van der Waals surface area contributed by atoms with Crippen molar-refractivity contribution >= 4 is 11.6 Å². The maximum Gasteiger partial charge on any atom is 0.225 e. The van der Waals surface area contributed by atoms with Gasteiger partial charge in [-0.2, -0.15) is 0 Å². The van der Waals surface area contributed by atoms with Gasteiger partial charge in [-0.05, 0) is 42.5 Å². The molecule has 0 radical (unpaired) electrons. The number of benzene rings is 1. The van der Waals surface area contributed by atoms with E-state index in [9.17, 15) is 9.18 Å². The van der Waals surface area contributed by atoms with Gasteiger partial charge in [-0.1, -0.05) is 13.8 Å². The van der Waals surface area contributed by atoms with Gasteiger partial charge in [-0.15, -0.1) is 0 Å². The third-order valence-electron chi connectivity index (χ3n) is 3.73. The molecule has 0 saturated carbocycles. The highest BCUT2D eigenvalue weighted by molar-refractivity contribution is 5.90. The lowest BCUT2D eigenvalue weighted by Crippen LogP contribution is -2.40. The molecule has 1 aliphatic rings. The SMILES string of the molecule is C[C@H]1C[C@H](C)CN(CCC(=O)Nc2ccc(F)cc2)C1. The van der Waals surface area contributed by atoms with Crippen LogP contribution in [0.2, 0.25) is 0 Å².